The van der Waals surface area contributed by atoms with Crippen LogP contribution in [0.2, 0.25) is 0 Å². The van der Waals surface area contributed by atoms with Crippen molar-refractivity contribution >= 4 is 30.1 Å². The first-order chi connectivity index (χ1) is 3.41. The first kappa shape index (κ1) is 7.60. The van der Waals surface area contributed by atoms with Gasteiger partial charge in [-0.05, 0) is 14.2 Å². The molecule has 0 aromatic heterocycles. The van der Waals surface area contributed by atoms with Crippen LogP contribution in [0.4, 0.5) is 0 Å². The third-order valence-corrected chi connectivity index (χ3v) is 1.23. The Balaban J connectivity index is 2.91. The van der Waals surface area contributed by atoms with Crippen molar-refractivity contribution in [1.29, 1.82) is 0 Å². The SMILES string of the molecule is OCCC#CSI. The van der Waals surface area contributed by atoms with E-state index in [0.29, 0.717) is 6.42 Å². The molecule has 0 saturated carbocycles. The maximum absolute atomic E-state index is 8.18. The number of aliphatic hydroxyl groups is 1. The molecular weight excluding hydrogens is 223 g/mol. The highest BCUT2D eigenvalue weighted by atomic mass is 127. The summed E-state index contributed by atoms with van der Waals surface area (Å²) in [6.45, 7) is 0.171. The molecule has 0 bridgehead atoms. The van der Waals surface area contributed by atoms with Gasteiger partial charge in [-0.15, -0.1) is 0 Å². The lowest BCUT2D eigenvalue weighted by Crippen LogP contribution is -1.73. The molecule has 0 heterocycles. The monoisotopic (exact) mass is 228 g/mol. The van der Waals surface area contributed by atoms with Crippen LogP contribution < -0.4 is 0 Å². The molecule has 1 N–H and O–H groups in total. The molecule has 0 aliphatic rings. The molecular formula is C4H5IOS. The molecule has 0 radical (unpaired) electrons. The molecule has 0 saturated heterocycles. The van der Waals surface area contributed by atoms with Crippen LogP contribution in [0.3, 0.4) is 0 Å². The van der Waals surface area contributed by atoms with Crippen molar-refractivity contribution in [3.8, 4) is 11.2 Å². The Morgan fingerprint density at radius 1 is 1.71 bits per heavy atom. The summed E-state index contributed by atoms with van der Waals surface area (Å²) >= 11 is 2.09. The van der Waals surface area contributed by atoms with E-state index in [1.807, 2.05) is 0 Å². The molecule has 1 nitrogen and oxygen atoms in total. The zero-order chi connectivity index (χ0) is 5.54. The molecule has 7 heavy (non-hydrogen) atoms. The molecule has 0 aliphatic heterocycles. The quantitative estimate of drug-likeness (QED) is 0.541. The number of rotatable bonds is 1. The van der Waals surface area contributed by atoms with E-state index in [-0.39, 0.29) is 6.61 Å². The summed E-state index contributed by atoms with van der Waals surface area (Å²) in [5, 5.41) is 10.9. The smallest absolute Gasteiger partial charge is 0.0540 e. The molecule has 0 rings (SSSR count). The van der Waals surface area contributed by atoms with Gasteiger partial charge in [-0.1, -0.05) is 5.92 Å². The molecule has 0 aliphatic carbocycles. The lowest BCUT2D eigenvalue weighted by atomic mass is 10.5. The van der Waals surface area contributed by atoms with Crippen molar-refractivity contribution in [1.82, 2.24) is 0 Å². The Hall–Kier alpha value is 0.600. The van der Waals surface area contributed by atoms with Crippen molar-refractivity contribution in [2.45, 2.75) is 6.42 Å². The van der Waals surface area contributed by atoms with Crippen molar-refractivity contribution in [2.24, 2.45) is 0 Å². The van der Waals surface area contributed by atoms with E-state index in [4.69, 9.17) is 5.11 Å². The minimum absolute atomic E-state index is 0.171. The molecule has 0 spiro atoms. The molecule has 0 aromatic rings. The van der Waals surface area contributed by atoms with Gasteiger partial charge < -0.3 is 5.11 Å². The Morgan fingerprint density at radius 2 is 2.43 bits per heavy atom. The van der Waals surface area contributed by atoms with E-state index in [0.717, 1.165) is 0 Å². The van der Waals surface area contributed by atoms with Crippen LogP contribution >= 0.6 is 30.1 Å². The van der Waals surface area contributed by atoms with Gasteiger partial charge in [-0.2, -0.15) is 0 Å². The first-order valence-electron chi connectivity index (χ1n) is 1.78. The predicted molar refractivity (Wildman–Crippen MR) is 41.1 cm³/mol. The van der Waals surface area contributed by atoms with Crippen LogP contribution in [0, 0.1) is 11.2 Å². The van der Waals surface area contributed by atoms with E-state index < -0.39 is 0 Å². The second kappa shape index (κ2) is 6.60. The average Bonchev–Trinajstić information content (AvgIpc) is 1.69. The molecule has 0 amide bonds. The average molecular weight is 228 g/mol. The van der Waals surface area contributed by atoms with Gasteiger partial charge in [0.25, 0.3) is 0 Å². The number of hydrogen-bond donors (Lipinski definition) is 1. The zero-order valence-electron chi connectivity index (χ0n) is 3.65. The normalized spacial score (nSPS) is 7.14. The summed E-state index contributed by atoms with van der Waals surface area (Å²) < 4.78 is 0. The number of halogens is 1. The molecule has 0 fully saturated rings. The minimum atomic E-state index is 0.171. The van der Waals surface area contributed by atoms with Gasteiger partial charge in [-0.25, -0.2) is 0 Å². The molecule has 40 valence electrons. The lowest BCUT2D eigenvalue weighted by molar-refractivity contribution is 0.305. The van der Waals surface area contributed by atoms with Crippen molar-refractivity contribution in [3.63, 3.8) is 0 Å². The van der Waals surface area contributed by atoms with Crippen LogP contribution in [-0.2, 0) is 0 Å². The Bertz CT molecular complexity index is 83.4. The van der Waals surface area contributed by atoms with Crippen LogP contribution in [0.1, 0.15) is 6.42 Å². The molecule has 0 aromatic carbocycles. The summed E-state index contributed by atoms with van der Waals surface area (Å²) in [4.78, 5) is 0. The Morgan fingerprint density at radius 3 is 2.86 bits per heavy atom. The van der Waals surface area contributed by atoms with Crippen LogP contribution in [0.25, 0.3) is 0 Å². The highest BCUT2D eigenvalue weighted by Crippen LogP contribution is 2.06. The fraction of sp³-hybridized carbons (Fsp3) is 0.500. The number of aliphatic hydroxyl groups excluding tert-OH is 1. The zero-order valence-corrected chi connectivity index (χ0v) is 6.62. The van der Waals surface area contributed by atoms with E-state index >= 15 is 0 Å². The first-order valence-corrected chi connectivity index (χ1v) is 5.14. The second-order valence-corrected chi connectivity index (χ2v) is 2.51. The molecule has 3 heteroatoms. The van der Waals surface area contributed by atoms with Crippen LogP contribution in [-0.4, -0.2) is 11.7 Å². The van der Waals surface area contributed by atoms with Crippen molar-refractivity contribution in [2.75, 3.05) is 6.61 Å². The summed E-state index contributed by atoms with van der Waals surface area (Å²) in [6.07, 6.45) is 0.593. The molecule has 0 atom stereocenters. The third kappa shape index (κ3) is 6.60. The van der Waals surface area contributed by atoms with Gasteiger partial charge >= 0.3 is 0 Å². The Labute approximate surface area is 59.5 Å². The van der Waals surface area contributed by atoms with E-state index in [2.05, 4.69) is 32.4 Å². The van der Waals surface area contributed by atoms with Gasteiger partial charge in [0.05, 0.1) is 6.61 Å². The molecule has 0 unspecified atom stereocenters. The van der Waals surface area contributed by atoms with Crippen LogP contribution in [0.5, 0.6) is 0 Å². The summed E-state index contributed by atoms with van der Waals surface area (Å²) in [7, 11) is 1.44. The highest BCUT2D eigenvalue weighted by Gasteiger charge is 1.68. The van der Waals surface area contributed by atoms with Crippen molar-refractivity contribution < 1.29 is 5.11 Å². The summed E-state index contributed by atoms with van der Waals surface area (Å²) in [5.74, 6) is 2.74. The summed E-state index contributed by atoms with van der Waals surface area (Å²) in [5.41, 5.74) is 0. The van der Waals surface area contributed by atoms with Gasteiger partial charge in [0.2, 0.25) is 0 Å². The summed E-state index contributed by atoms with van der Waals surface area (Å²) in [6, 6.07) is 0. The highest BCUT2D eigenvalue weighted by molar-refractivity contribution is 14.2. The second-order valence-electron chi connectivity index (χ2n) is 0.830. The fourth-order valence-corrected chi connectivity index (χ4v) is 0.758. The third-order valence-electron chi connectivity index (χ3n) is 0.348. The van der Waals surface area contributed by atoms with Gasteiger partial charge in [0, 0.05) is 27.6 Å². The standard InChI is InChI=1S/C4H5IOS/c5-7-4-2-1-3-6/h6H,1,3H2. The van der Waals surface area contributed by atoms with Gasteiger partial charge in [0.15, 0.2) is 0 Å². The van der Waals surface area contributed by atoms with Crippen molar-refractivity contribution in [3.05, 3.63) is 0 Å². The number of hydrogen-bond acceptors (Lipinski definition) is 2. The minimum Gasteiger partial charge on any atom is -0.395 e. The largest absolute Gasteiger partial charge is 0.395 e. The van der Waals surface area contributed by atoms with E-state index in [1.165, 1.54) is 8.93 Å². The topological polar surface area (TPSA) is 20.2 Å². The maximum Gasteiger partial charge on any atom is 0.0540 e. The van der Waals surface area contributed by atoms with Gasteiger partial charge in [0.1, 0.15) is 0 Å². The maximum atomic E-state index is 8.18. The van der Waals surface area contributed by atoms with Crippen LogP contribution in [0.15, 0.2) is 0 Å². The van der Waals surface area contributed by atoms with E-state index in [1.54, 1.807) is 0 Å². The predicted octanol–water partition coefficient (Wildman–Crippen LogP) is 1.41. The Kier molecular flexibility index (Phi) is 7.17. The fourth-order valence-electron chi connectivity index (χ4n) is 0.134. The van der Waals surface area contributed by atoms with E-state index in [9.17, 15) is 0 Å². The van der Waals surface area contributed by atoms with Gasteiger partial charge in [-0.3, -0.25) is 0 Å². The lowest BCUT2D eigenvalue weighted by Gasteiger charge is -1.73.